The molecule has 106 valence electrons. The van der Waals surface area contributed by atoms with Gasteiger partial charge in [-0.15, -0.1) is 0 Å². The summed E-state index contributed by atoms with van der Waals surface area (Å²) in [5.41, 5.74) is 10.5. The number of aryl methyl sites for hydroxylation is 1. The van der Waals surface area contributed by atoms with E-state index in [-0.39, 0.29) is 0 Å². The second-order valence-electron chi connectivity index (χ2n) is 4.82. The number of rotatable bonds is 3. The lowest BCUT2D eigenvalue weighted by molar-refractivity contribution is 0.412. The molecule has 4 nitrogen and oxygen atoms in total. The van der Waals surface area contributed by atoms with Gasteiger partial charge >= 0.3 is 0 Å². The van der Waals surface area contributed by atoms with E-state index in [0.29, 0.717) is 5.88 Å². The molecular formula is C17H16N2O2. The maximum atomic E-state index is 5.97. The Balaban J connectivity index is 2.17. The van der Waals surface area contributed by atoms with Crippen molar-refractivity contribution in [3.8, 4) is 28.1 Å². The van der Waals surface area contributed by atoms with E-state index in [0.717, 1.165) is 33.7 Å². The molecule has 0 bridgehead atoms. The molecular weight excluding hydrogens is 264 g/mol. The minimum Gasteiger partial charge on any atom is -0.496 e. The Morgan fingerprint density at radius 2 is 1.81 bits per heavy atom. The van der Waals surface area contributed by atoms with Gasteiger partial charge < -0.3 is 15.0 Å². The highest BCUT2D eigenvalue weighted by atomic mass is 16.5. The smallest absolute Gasteiger partial charge is 0.230 e. The largest absolute Gasteiger partial charge is 0.496 e. The molecule has 0 spiro atoms. The number of ether oxygens (including phenoxy) is 1. The lowest BCUT2D eigenvalue weighted by atomic mass is 9.99. The normalized spacial score (nSPS) is 10.6. The fraction of sp³-hybridized carbons (Fsp3) is 0.118. The monoisotopic (exact) mass is 280 g/mol. The molecule has 0 saturated carbocycles. The highest BCUT2D eigenvalue weighted by molar-refractivity contribution is 5.87. The van der Waals surface area contributed by atoms with Gasteiger partial charge in [-0.2, -0.15) is 0 Å². The number of hydrogen-bond donors (Lipinski definition) is 1. The summed E-state index contributed by atoms with van der Waals surface area (Å²) in [5, 5.41) is 4.10. The van der Waals surface area contributed by atoms with E-state index in [2.05, 4.69) is 5.16 Å². The van der Waals surface area contributed by atoms with Crippen LogP contribution in [-0.4, -0.2) is 12.3 Å². The summed E-state index contributed by atoms with van der Waals surface area (Å²) < 4.78 is 10.6. The summed E-state index contributed by atoms with van der Waals surface area (Å²) in [6, 6.07) is 15.8. The van der Waals surface area contributed by atoms with E-state index >= 15 is 0 Å². The molecule has 0 aliphatic heterocycles. The Morgan fingerprint density at radius 1 is 1.05 bits per heavy atom. The van der Waals surface area contributed by atoms with Crippen molar-refractivity contribution < 1.29 is 9.26 Å². The number of hydrogen-bond acceptors (Lipinski definition) is 4. The van der Waals surface area contributed by atoms with E-state index in [1.165, 1.54) is 0 Å². The van der Waals surface area contributed by atoms with Crippen LogP contribution in [0.3, 0.4) is 0 Å². The third-order valence-electron chi connectivity index (χ3n) is 3.46. The molecule has 0 unspecified atom stereocenters. The van der Waals surface area contributed by atoms with Crippen molar-refractivity contribution >= 4 is 5.88 Å². The standard InChI is InChI=1S/C17H16N2O2/c1-11-8-9-13(10-14(11)20-2)15-16(19-21-17(15)18)12-6-4-3-5-7-12/h3-10H,18H2,1-2H3. The van der Waals surface area contributed by atoms with Gasteiger partial charge in [0.05, 0.1) is 12.7 Å². The lowest BCUT2D eigenvalue weighted by Gasteiger charge is -2.08. The zero-order valence-electron chi connectivity index (χ0n) is 12.0. The highest BCUT2D eigenvalue weighted by Crippen LogP contribution is 2.37. The van der Waals surface area contributed by atoms with Crippen molar-refractivity contribution in [2.45, 2.75) is 6.92 Å². The summed E-state index contributed by atoms with van der Waals surface area (Å²) >= 11 is 0. The Morgan fingerprint density at radius 3 is 2.52 bits per heavy atom. The van der Waals surface area contributed by atoms with Gasteiger partial charge in [-0.3, -0.25) is 0 Å². The summed E-state index contributed by atoms with van der Waals surface area (Å²) in [7, 11) is 1.65. The number of methoxy groups -OCH3 is 1. The third kappa shape index (κ3) is 2.36. The van der Waals surface area contributed by atoms with Gasteiger partial charge in [0.25, 0.3) is 0 Å². The number of nitrogen functional groups attached to an aromatic ring is 1. The third-order valence-corrected chi connectivity index (χ3v) is 3.46. The van der Waals surface area contributed by atoms with Gasteiger partial charge in [-0.25, -0.2) is 0 Å². The zero-order valence-corrected chi connectivity index (χ0v) is 12.0. The molecule has 0 amide bonds. The molecule has 0 aliphatic carbocycles. The summed E-state index contributed by atoms with van der Waals surface area (Å²) in [5.74, 6) is 1.12. The zero-order chi connectivity index (χ0) is 14.8. The molecule has 2 N–H and O–H groups in total. The van der Waals surface area contributed by atoms with Crippen molar-refractivity contribution in [3.05, 3.63) is 54.1 Å². The minimum atomic E-state index is 0.305. The first-order chi connectivity index (χ1) is 10.2. The Labute approximate surface area is 123 Å². The quantitative estimate of drug-likeness (QED) is 0.790. The average Bonchev–Trinajstić information content (AvgIpc) is 2.90. The van der Waals surface area contributed by atoms with E-state index in [1.807, 2.05) is 55.5 Å². The molecule has 1 heterocycles. The topological polar surface area (TPSA) is 61.3 Å². The van der Waals surface area contributed by atoms with Crippen LogP contribution in [0.25, 0.3) is 22.4 Å². The molecule has 21 heavy (non-hydrogen) atoms. The Hall–Kier alpha value is -2.75. The molecule has 4 heteroatoms. The molecule has 3 rings (SSSR count). The van der Waals surface area contributed by atoms with Gasteiger partial charge in [-0.05, 0) is 24.1 Å². The predicted octanol–water partition coefficient (Wildman–Crippen LogP) is 3.91. The second-order valence-corrected chi connectivity index (χ2v) is 4.82. The second kappa shape index (κ2) is 5.32. The van der Waals surface area contributed by atoms with Crippen molar-refractivity contribution in [2.75, 3.05) is 12.8 Å². The van der Waals surface area contributed by atoms with Gasteiger partial charge in [-0.1, -0.05) is 47.6 Å². The summed E-state index contributed by atoms with van der Waals surface area (Å²) in [4.78, 5) is 0. The van der Waals surface area contributed by atoms with E-state index in [9.17, 15) is 0 Å². The van der Waals surface area contributed by atoms with Crippen LogP contribution in [0.5, 0.6) is 5.75 Å². The van der Waals surface area contributed by atoms with Gasteiger partial charge in [0.2, 0.25) is 5.88 Å². The summed E-state index contributed by atoms with van der Waals surface area (Å²) in [6.07, 6.45) is 0. The molecule has 1 aromatic heterocycles. The number of nitrogens with zero attached hydrogens (tertiary/aromatic N) is 1. The molecule has 0 radical (unpaired) electrons. The van der Waals surface area contributed by atoms with E-state index < -0.39 is 0 Å². The first kappa shape index (κ1) is 13.2. The van der Waals surface area contributed by atoms with Crippen molar-refractivity contribution in [1.82, 2.24) is 5.16 Å². The SMILES string of the molecule is COc1cc(-c2c(-c3ccccc3)noc2N)ccc1C. The van der Waals surface area contributed by atoms with E-state index in [4.69, 9.17) is 15.0 Å². The molecule has 3 aromatic rings. The van der Waals surface area contributed by atoms with Crippen LogP contribution < -0.4 is 10.5 Å². The first-order valence-corrected chi connectivity index (χ1v) is 6.66. The minimum absolute atomic E-state index is 0.305. The molecule has 0 atom stereocenters. The van der Waals surface area contributed by atoms with Gasteiger partial charge in [0, 0.05) is 5.56 Å². The molecule has 2 aromatic carbocycles. The molecule has 0 aliphatic rings. The maximum absolute atomic E-state index is 5.97. The van der Waals surface area contributed by atoms with Crippen LogP contribution in [0.15, 0.2) is 53.1 Å². The van der Waals surface area contributed by atoms with Crippen molar-refractivity contribution in [2.24, 2.45) is 0 Å². The average molecular weight is 280 g/mol. The van der Waals surface area contributed by atoms with Crippen molar-refractivity contribution in [1.29, 1.82) is 0 Å². The number of anilines is 1. The predicted molar refractivity (Wildman–Crippen MR) is 83.1 cm³/mol. The van der Waals surface area contributed by atoms with Crippen LogP contribution in [0.2, 0.25) is 0 Å². The Bertz CT molecular complexity index is 764. The Kier molecular flexibility index (Phi) is 3.36. The van der Waals surface area contributed by atoms with Crippen LogP contribution >= 0.6 is 0 Å². The van der Waals surface area contributed by atoms with Crippen LogP contribution in [0, 0.1) is 6.92 Å². The van der Waals surface area contributed by atoms with E-state index in [1.54, 1.807) is 7.11 Å². The highest BCUT2D eigenvalue weighted by Gasteiger charge is 2.18. The molecule has 0 fully saturated rings. The van der Waals surface area contributed by atoms with Crippen LogP contribution in [0.4, 0.5) is 5.88 Å². The van der Waals surface area contributed by atoms with Crippen molar-refractivity contribution in [3.63, 3.8) is 0 Å². The lowest BCUT2D eigenvalue weighted by Crippen LogP contribution is -1.91. The number of benzene rings is 2. The summed E-state index contributed by atoms with van der Waals surface area (Å²) in [6.45, 7) is 2.00. The number of aromatic nitrogens is 1. The van der Waals surface area contributed by atoms with Crippen LogP contribution in [0.1, 0.15) is 5.56 Å². The first-order valence-electron chi connectivity index (χ1n) is 6.66. The fourth-order valence-corrected chi connectivity index (χ4v) is 2.35. The number of nitrogens with two attached hydrogens (primary N) is 1. The van der Waals surface area contributed by atoms with Gasteiger partial charge in [0.15, 0.2) is 0 Å². The maximum Gasteiger partial charge on any atom is 0.230 e. The molecule has 0 saturated heterocycles. The van der Waals surface area contributed by atoms with Crippen LogP contribution in [-0.2, 0) is 0 Å². The fourth-order valence-electron chi connectivity index (χ4n) is 2.35. The van der Waals surface area contributed by atoms with Gasteiger partial charge in [0.1, 0.15) is 11.4 Å².